The second kappa shape index (κ2) is 9.42. The molecule has 150 valence electrons. The molecule has 8 heteroatoms. The molecule has 3 rings (SSSR count). The minimum absolute atomic E-state index is 0.0515. The Morgan fingerprint density at radius 2 is 1.55 bits per heavy atom. The molecule has 3 aromatic carbocycles. The van der Waals surface area contributed by atoms with E-state index in [1.807, 2.05) is 54.6 Å². The number of sulfonamides is 1. The number of nitro benzene ring substituents is 1. The van der Waals surface area contributed by atoms with E-state index in [2.05, 4.69) is 4.72 Å². The molecule has 0 spiro atoms. The molecule has 0 atom stereocenters. The molecule has 7 nitrogen and oxygen atoms in total. The van der Waals surface area contributed by atoms with Crippen LogP contribution < -0.4 is 4.72 Å². The lowest BCUT2D eigenvalue weighted by Crippen LogP contribution is -2.24. The number of rotatable bonds is 9. The highest BCUT2D eigenvalue weighted by Gasteiger charge is 2.18. The van der Waals surface area contributed by atoms with Gasteiger partial charge in [-0.3, -0.25) is 10.1 Å². The summed E-state index contributed by atoms with van der Waals surface area (Å²) in [5, 5.41) is 10.9. The largest absolute Gasteiger partial charge is 0.372 e. The van der Waals surface area contributed by atoms with E-state index in [1.54, 1.807) is 0 Å². The van der Waals surface area contributed by atoms with Crippen LogP contribution in [-0.2, 0) is 34.5 Å². The van der Waals surface area contributed by atoms with Gasteiger partial charge in [0.1, 0.15) is 0 Å². The van der Waals surface area contributed by atoms with Gasteiger partial charge in [-0.15, -0.1) is 0 Å². The Morgan fingerprint density at radius 1 is 0.862 bits per heavy atom. The number of benzene rings is 3. The van der Waals surface area contributed by atoms with Gasteiger partial charge in [-0.05, 0) is 22.8 Å². The molecule has 0 saturated heterocycles. The molecule has 0 heterocycles. The number of nitro groups is 1. The minimum Gasteiger partial charge on any atom is -0.372 e. The van der Waals surface area contributed by atoms with Crippen LogP contribution in [0, 0.1) is 10.1 Å². The van der Waals surface area contributed by atoms with Crippen LogP contribution in [0.5, 0.6) is 0 Å². The molecule has 0 unspecified atom stereocenters. The van der Waals surface area contributed by atoms with Crippen molar-refractivity contribution in [2.24, 2.45) is 0 Å². The van der Waals surface area contributed by atoms with Gasteiger partial charge in [0.2, 0.25) is 10.0 Å². The van der Waals surface area contributed by atoms with E-state index in [1.165, 1.54) is 18.2 Å². The zero-order chi connectivity index (χ0) is 20.7. The first-order valence-electron chi connectivity index (χ1n) is 8.88. The van der Waals surface area contributed by atoms with E-state index in [-0.39, 0.29) is 17.1 Å². The summed E-state index contributed by atoms with van der Waals surface area (Å²) in [4.78, 5) is 10.1. The van der Waals surface area contributed by atoms with Crippen molar-refractivity contribution in [2.75, 3.05) is 0 Å². The fraction of sp³-hybridized carbons (Fsp3) is 0.143. The van der Waals surface area contributed by atoms with Crippen LogP contribution in [0.1, 0.15) is 16.7 Å². The lowest BCUT2D eigenvalue weighted by molar-refractivity contribution is -0.385. The molecule has 0 fully saturated rings. The van der Waals surface area contributed by atoms with E-state index >= 15 is 0 Å². The van der Waals surface area contributed by atoms with E-state index in [9.17, 15) is 18.5 Å². The van der Waals surface area contributed by atoms with Gasteiger partial charge in [-0.25, -0.2) is 13.1 Å². The SMILES string of the molecule is O=[N+]([O-])c1cccc(S(=O)(=O)NCc2ccccc2COCc2ccccc2)c1. The Balaban J connectivity index is 1.66. The number of non-ortho nitro benzene ring substituents is 1. The summed E-state index contributed by atoms with van der Waals surface area (Å²) in [7, 11) is -3.89. The second-order valence-electron chi connectivity index (χ2n) is 6.33. The van der Waals surface area contributed by atoms with Crippen LogP contribution in [0.15, 0.2) is 83.8 Å². The lowest BCUT2D eigenvalue weighted by atomic mass is 10.1. The summed E-state index contributed by atoms with van der Waals surface area (Å²) in [6.45, 7) is 0.841. The van der Waals surface area contributed by atoms with Crippen molar-refractivity contribution in [3.8, 4) is 0 Å². The smallest absolute Gasteiger partial charge is 0.270 e. The fourth-order valence-corrected chi connectivity index (χ4v) is 3.79. The molecule has 1 N–H and O–H groups in total. The Hall–Kier alpha value is -3.07. The van der Waals surface area contributed by atoms with Gasteiger partial charge < -0.3 is 4.74 Å². The van der Waals surface area contributed by atoms with E-state index in [0.717, 1.165) is 22.8 Å². The standard InChI is InChI=1S/C21H20N2O5S/c24-23(25)20-11-6-12-21(13-20)29(26,27)22-14-18-9-4-5-10-19(18)16-28-15-17-7-2-1-3-8-17/h1-13,22H,14-16H2. The van der Waals surface area contributed by atoms with Crippen LogP contribution in [0.2, 0.25) is 0 Å². The third kappa shape index (κ3) is 5.71. The van der Waals surface area contributed by atoms with Crippen molar-refractivity contribution in [1.29, 1.82) is 0 Å². The van der Waals surface area contributed by atoms with Crippen LogP contribution >= 0.6 is 0 Å². The Morgan fingerprint density at radius 3 is 2.28 bits per heavy atom. The van der Waals surface area contributed by atoms with Gasteiger partial charge in [0.05, 0.1) is 23.0 Å². The number of hydrogen-bond acceptors (Lipinski definition) is 5. The van der Waals surface area contributed by atoms with Crippen molar-refractivity contribution in [3.63, 3.8) is 0 Å². The van der Waals surface area contributed by atoms with Crippen LogP contribution in [0.25, 0.3) is 0 Å². The molecule has 0 aliphatic carbocycles. The van der Waals surface area contributed by atoms with E-state index in [4.69, 9.17) is 4.74 Å². The molecule has 29 heavy (non-hydrogen) atoms. The van der Waals surface area contributed by atoms with Gasteiger partial charge in [-0.1, -0.05) is 60.7 Å². The van der Waals surface area contributed by atoms with Crippen molar-refractivity contribution < 1.29 is 18.1 Å². The average molecular weight is 412 g/mol. The normalized spacial score (nSPS) is 11.3. The second-order valence-corrected chi connectivity index (χ2v) is 8.09. The van der Waals surface area contributed by atoms with Crippen molar-refractivity contribution >= 4 is 15.7 Å². The summed E-state index contributed by atoms with van der Waals surface area (Å²) in [5.74, 6) is 0. The van der Waals surface area contributed by atoms with E-state index in [0.29, 0.717) is 13.2 Å². The quantitative estimate of drug-likeness (QED) is 0.426. The topological polar surface area (TPSA) is 98.5 Å². The van der Waals surface area contributed by atoms with Crippen molar-refractivity contribution in [2.45, 2.75) is 24.7 Å². The third-order valence-electron chi connectivity index (χ3n) is 4.28. The zero-order valence-corrected chi connectivity index (χ0v) is 16.3. The highest BCUT2D eigenvalue weighted by molar-refractivity contribution is 7.89. The highest BCUT2D eigenvalue weighted by atomic mass is 32.2. The van der Waals surface area contributed by atoms with Crippen LogP contribution in [0.3, 0.4) is 0 Å². The molecule has 0 aromatic heterocycles. The summed E-state index contributed by atoms with van der Waals surface area (Å²) in [6, 6.07) is 22.1. The van der Waals surface area contributed by atoms with E-state index < -0.39 is 14.9 Å². The van der Waals surface area contributed by atoms with Gasteiger partial charge >= 0.3 is 0 Å². The predicted octanol–water partition coefficient (Wildman–Crippen LogP) is 3.79. The summed E-state index contributed by atoms with van der Waals surface area (Å²) in [5.41, 5.74) is 2.42. The minimum atomic E-state index is -3.89. The molecule has 0 bridgehead atoms. The van der Waals surface area contributed by atoms with Gasteiger partial charge in [0, 0.05) is 18.7 Å². The van der Waals surface area contributed by atoms with Gasteiger partial charge in [0.15, 0.2) is 0 Å². The molecule has 3 aromatic rings. The number of nitrogens with one attached hydrogen (secondary N) is 1. The van der Waals surface area contributed by atoms with Gasteiger partial charge in [-0.2, -0.15) is 0 Å². The summed E-state index contributed by atoms with van der Waals surface area (Å²) in [6.07, 6.45) is 0. The molecule has 0 saturated carbocycles. The summed E-state index contributed by atoms with van der Waals surface area (Å²) < 4.78 is 33.3. The Kier molecular flexibility index (Phi) is 6.71. The molecule has 0 amide bonds. The predicted molar refractivity (Wildman–Crippen MR) is 108 cm³/mol. The molecule has 0 radical (unpaired) electrons. The maximum Gasteiger partial charge on any atom is 0.270 e. The number of hydrogen-bond donors (Lipinski definition) is 1. The zero-order valence-electron chi connectivity index (χ0n) is 15.5. The maximum absolute atomic E-state index is 12.5. The first-order chi connectivity index (χ1) is 14.0. The fourth-order valence-electron chi connectivity index (χ4n) is 2.74. The lowest BCUT2D eigenvalue weighted by Gasteiger charge is -2.12. The van der Waals surface area contributed by atoms with Crippen molar-refractivity contribution in [1.82, 2.24) is 4.72 Å². The first-order valence-corrected chi connectivity index (χ1v) is 10.4. The Bertz CT molecular complexity index is 1080. The average Bonchev–Trinajstić information content (AvgIpc) is 2.74. The van der Waals surface area contributed by atoms with Crippen LogP contribution in [0.4, 0.5) is 5.69 Å². The van der Waals surface area contributed by atoms with Crippen LogP contribution in [-0.4, -0.2) is 13.3 Å². The molecular formula is C21H20N2O5S. The summed E-state index contributed by atoms with van der Waals surface area (Å²) >= 11 is 0. The Labute approximate surface area is 169 Å². The number of nitrogens with zero attached hydrogens (tertiary/aromatic N) is 1. The number of ether oxygens (including phenoxy) is 1. The molecule has 0 aliphatic rings. The molecular weight excluding hydrogens is 392 g/mol. The maximum atomic E-state index is 12.5. The highest BCUT2D eigenvalue weighted by Crippen LogP contribution is 2.18. The monoisotopic (exact) mass is 412 g/mol. The molecule has 0 aliphatic heterocycles. The third-order valence-corrected chi connectivity index (χ3v) is 5.68. The van der Waals surface area contributed by atoms with Crippen molar-refractivity contribution in [3.05, 3.63) is 106 Å². The van der Waals surface area contributed by atoms with Gasteiger partial charge in [0.25, 0.3) is 5.69 Å². The first kappa shape index (κ1) is 20.7.